The maximum atomic E-state index is 13.2. The zero-order valence-electron chi connectivity index (χ0n) is 16.2. The number of morpholine rings is 1. The van der Waals surface area contributed by atoms with E-state index in [9.17, 15) is 13.2 Å². The molecule has 3 rings (SSSR count). The van der Waals surface area contributed by atoms with Crippen LogP contribution in [-0.2, 0) is 25.0 Å². The van der Waals surface area contributed by atoms with E-state index in [-0.39, 0.29) is 23.0 Å². The maximum absolute atomic E-state index is 13.2. The molecule has 2 atom stereocenters. The molecule has 0 radical (unpaired) electrons. The second-order valence-electron chi connectivity index (χ2n) is 7.96. The van der Waals surface area contributed by atoms with Crippen molar-refractivity contribution >= 4 is 21.6 Å². The molecule has 0 bridgehead atoms. The summed E-state index contributed by atoms with van der Waals surface area (Å²) in [6.07, 6.45) is 0.120. The lowest BCUT2D eigenvalue weighted by atomic mass is 9.77. The molecule has 7 heteroatoms. The molecular formula is C19H28N2O4S. The number of fused-ring (bicyclic) bond motifs is 1. The Hall–Kier alpha value is -1.44. The minimum absolute atomic E-state index is 0.0800. The molecule has 26 heavy (non-hydrogen) atoms. The van der Waals surface area contributed by atoms with Crippen molar-refractivity contribution in [2.24, 2.45) is 0 Å². The molecule has 0 aliphatic carbocycles. The first-order valence-corrected chi connectivity index (χ1v) is 10.6. The summed E-state index contributed by atoms with van der Waals surface area (Å²) in [6, 6.07) is 5.15. The first kappa shape index (κ1) is 19.3. The molecule has 144 valence electrons. The van der Waals surface area contributed by atoms with E-state index in [1.165, 1.54) is 4.31 Å². The molecular weight excluding hydrogens is 352 g/mol. The monoisotopic (exact) mass is 380 g/mol. The van der Waals surface area contributed by atoms with Crippen LogP contribution < -0.4 is 4.90 Å². The second kappa shape index (κ2) is 6.62. The third-order valence-electron chi connectivity index (χ3n) is 5.22. The van der Waals surface area contributed by atoms with Gasteiger partial charge in [-0.25, -0.2) is 8.42 Å². The van der Waals surface area contributed by atoms with Crippen LogP contribution in [0.2, 0.25) is 0 Å². The van der Waals surface area contributed by atoms with E-state index >= 15 is 0 Å². The van der Waals surface area contributed by atoms with Crippen molar-refractivity contribution in [1.82, 2.24) is 4.31 Å². The van der Waals surface area contributed by atoms with Gasteiger partial charge in [0, 0.05) is 37.2 Å². The predicted octanol–water partition coefficient (Wildman–Crippen LogP) is 2.52. The van der Waals surface area contributed by atoms with E-state index in [1.807, 2.05) is 34.6 Å². The van der Waals surface area contributed by atoms with E-state index in [2.05, 4.69) is 0 Å². The topological polar surface area (TPSA) is 66.9 Å². The molecule has 0 saturated carbocycles. The smallest absolute Gasteiger partial charge is 0.243 e. The number of anilines is 1. The van der Waals surface area contributed by atoms with Crippen molar-refractivity contribution in [3.63, 3.8) is 0 Å². The van der Waals surface area contributed by atoms with Crippen molar-refractivity contribution in [3.05, 3.63) is 23.8 Å². The lowest BCUT2D eigenvalue weighted by Crippen LogP contribution is -2.48. The van der Waals surface area contributed by atoms with Crippen LogP contribution in [0, 0.1) is 0 Å². The van der Waals surface area contributed by atoms with Crippen LogP contribution in [0.15, 0.2) is 23.1 Å². The highest BCUT2D eigenvalue weighted by molar-refractivity contribution is 7.89. The number of nitrogens with zero attached hydrogens (tertiary/aromatic N) is 2. The SMILES string of the molecule is CCN1C(=O)CC(C)(C)c2cc(S(=O)(=O)N3C[C@@H](C)O[C@@H](C)C3)ccc21. The summed E-state index contributed by atoms with van der Waals surface area (Å²) in [4.78, 5) is 14.4. The summed E-state index contributed by atoms with van der Waals surface area (Å²) in [7, 11) is -3.60. The standard InChI is InChI=1S/C19H28N2O4S/c1-6-21-17-8-7-15(9-16(17)19(4,5)10-18(21)22)26(23,24)20-11-13(2)25-14(3)12-20/h7-9,13-14H,6,10-12H2,1-5H3/t13-,14+. The number of hydrogen-bond acceptors (Lipinski definition) is 4. The van der Waals surface area contributed by atoms with Gasteiger partial charge in [0.15, 0.2) is 0 Å². The van der Waals surface area contributed by atoms with Crippen molar-refractivity contribution in [1.29, 1.82) is 0 Å². The van der Waals surface area contributed by atoms with Crippen LogP contribution in [-0.4, -0.2) is 50.5 Å². The average molecular weight is 381 g/mol. The van der Waals surface area contributed by atoms with Gasteiger partial charge in [0.2, 0.25) is 15.9 Å². The van der Waals surface area contributed by atoms with E-state index in [0.717, 1.165) is 11.3 Å². The largest absolute Gasteiger partial charge is 0.373 e. The normalized spacial score (nSPS) is 26.7. The minimum atomic E-state index is -3.60. The highest BCUT2D eigenvalue weighted by Crippen LogP contribution is 2.41. The van der Waals surface area contributed by atoms with Gasteiger partial charge in [0.25, 0.3) is 0 Å². The molecule has 1 saturated heterocycles. The highest BCUT2D eigenvalue weighted by atomic mass is 32.2. The van der Waals surface area contributed by atoms with Gasteiger partial charge in [0.05, 0.1) is 17.1 Å². The minimum Gasteiger partial charge on any atom is -0.373 e. The lowest BCUT2D eigenvalue weighted by molar-refractivity contribution is -0.120. The Balaban J connectivity index is 2.04. The predicted molar refractivity (Wildman–Crippen MR) is 101 cm³/mol. The van der Waals surface area contributed by atoms with E-state index in [4.69, 9.17) is 4.74 Å². The third-order valence-corrected chi connectivity index (χ3v) is 7.05. The zero-order chi connectivity index (χ0) is 19.3. The van der Waals surface area contributed by atoms with Crippen LogP contribution in [0.4, 0.5) is 5.69 Å². The Labute approximate surface area is 156 Å². The molecule has 0 unspecified atom stereocenters. The Kier molecular flexibility index (Phi) is 4.92. The molecule has 2 aliphatic rings. The third kappa shape index (κ3) is 3.28. The summed E-state index contributed by atoms with van der Waals surface area (Å²) in [5.41, 5.74) is 1.33. The van der Waals surface area contributed by atoms with Crippen molar-refractivity contribution in [2.45, 2.75) is 63.6 Å². The Morgan fingerprint density at radius 1 is 1.19 bits per heavy atom. The molecule has 1 amide bonds. The number of amides is 1. The van der Waals surface area contributed by atoms with Crippen LogP contribution in [0.25, 0.3) is 0 Å². The number of sulfonamides is 1. The molecule has 6 nitrogen and oxygen atoms in total. The van der Waals surface area contributed by atoms with Crippen molar-refractivity contribution < 1.29 is 17.9 Å². The van der Waals surface area contributed by atoms with Gasteiger partial charge in [-0.3, -0.25) is 4.79 Å². The lowest BCUT2D eigenvalue weighted by Gasteiger charge is -2.39. The molecule has 1 aromatic rings. The molecule has 1 fully saturated rings. The number of rotatable bonds is 3. The fourth-order valence-corrected chi connectivity index (χ4v) is 5.60. The molecule has 0 aromatic heterocycles. The highest BCUT2D eigenvalue weighted by Gasteiger charge is 2.38. The first-order valence-electron chi connectivity index (χ1n) is 9.16. The Bertz CT molecular complexity index is 809. The Morgan fingerprint density at radius 2 is 1.81 bits per heavy atom. The van der Waals surface area contributed by atoms with Gasteiger partial charge < -0.3 is 9.64 Å². The number of hydrogen-bond donors (Lipinski definition) is 0. The first-order chi connectivity index (χ1) is 12.1. The van der Waals surface area contributed by atoms with Gasteiger partial charge in [-0.2, -0.15) is 4.31 Å². The van der Waals surface area contributed by atoms with Gasteiger partial charge >= 0.3 is 0 Å². The molecule has 1 aromatic carbocycles. The van der Waals surface area contributed by atoms with Gasteiger partial charge in [-0.15, -0.1) is 0 Å². The van der Waals surface area contributed by atoms with Crippen LogP contribution >= 0.6 is 0 Å². The number of benzene rings is 1. The number of ether oxygens (including phenoxy) is 1. The molecule has 2 aliphatic heterocycles. The fourth-order valence-electron chi connectivity index (χ4n) is 3.98. The fraction of sp³-hybridized carbons (Fsp3) is 0.632. The van der Waals surface area contributed by atoms with E-state index in [0.29, 0.717) is 26.1 Å². The van der Waals surface area contributed by atoms with Crippen molar-refractivity contribution in [2.75, 3.05) is 24.5 Å². The summed E-state index contributed by atoms with van der Waals surface area (Å²) >= 11 is 0. The zero-order valence-corrected chi connectivity index (χ0v) is 17.0. The second-order valence-corrected chi connectivity index (χ2v) is 9.89. The molecule has 0 spiro atoms. The maximum Gasteiger partial charge on any atom is 0.243 e. The Morgan fingerprint density at radius 3 is 2.38 bits per heavy atom. The average Bonchev–Trinajstić information content (AvgIpc) is 2.53. The summed E-state index contributed by atoms with van der Waals surface area (Å²) in [5.74, 6) is 0.0800. The van der Waals surface area contributed by atoms with E-state index < -0.39 is 15.4 Å². The van der Waals surface area contributed by atoms with Gasteiger partial charge in [0.1, 0.15) is 0 Å². The summed E-state index contributed by atoms with van der Waals surface area (Å²) < 4.78 is 33.5. The summed E-state index contributed by atoms with van der Waals surface area (Å²) in [6.45, 7) is 11.0. The van der Waals surface area contributed by atoms with Crippen LogP contribution in [0.1, 0.15) is 46.6 Å². The number of carbonyl (C=O) groups is 1. The summed E-state index contributed by atoms with van der Waals surface area (Å²) in [5, 5.41) is 0. The van der Waals surface area contributed by atoms with E-state index in [1.54, 1.807) is 23.1 Å². The van der Waals surface area contributed by atoms with Crippen LogP contribution in [0.3, 0.4) is 0 Å². The van der Waals surface area contributed by atoms with Gasteiger partial charge in [-0.1, -0.05) is 13.8 Å². The van der Waals surface area contributed by atoms with Crippen molar-refractivity contribution in [3.8, 4) is 0 Å². The van der Waals surface area contributed by atoms with Gasteiger partial charge in [-0.05, 0) is 44.5 Å². The molecule has 2 heterocycles. The number of carbonyl (C=O) groups excluding carboxylic acids is 1. The van der Waals surface area contributed by atoms with Crippen LogP contribution in [0.5, 0.6) is 0 Å². The molecule has 0 N–H and O–H groups in total. The quantitative estimate of drug-likeness (QED) is 0.808.